The Balaban J connectivity index is 2.57. The minimum absolute atomic E-state index is 0.0780. The number of benzene rings is 1. The third-order valence-electron chi connectivity index (χ3n) is 2.65. The lowest BCUT2D eigenvalue weighted by atomic mass is 10.2. The molecule has 0 bridgehead atoms. The molecule has 0 unspecified atom stereocenters. The molecule has 0 amide bonds. The van der Waals surface area contributed by atoms with Crippen LogP contribution in [0.5, 0.6) is 0 Å². The van der Waals surface area contributed by atoms with E-state index < -0.39 is 22.0 Å². The number of carboxylic acid groups (broad SMARTS) is 1. The first-order chi connectivity index (χ1) is 9.40. The van der Waals surface area contributed by atoms with Gasteiger partial charge in [0, 0.05) is 24.4 Å². The molecule has 0 spiro atoms. The fraction of sp³-hybridized carbons (Fsp3) is 0.0833. The Kier molecular flexibility index (Phi) is 3.30. The molecule has 102 valence electrons. The molecule has 1 N–H and O–H groups in total. The maximum atomic E-state index is 11.3. The molecular weight excluding hydrogens is 266 g/mol. The maximum absolute atomic E-state index is 11.3. The molecule has 8 nitrogen and oxygen atoms in total. The van der Waals surface area contributed by atoms with Crippen LogP contribution in [0.4, 0.5) is 5.69 Å². The second-order valence-electron chi connectivity index (χ2n) is 4.01. The zero-order chi connectivity index (χ0) is 14.9. The van der Waals surface area contributed by atoms with E-state index in [-0.39, 0.29) is 5.69 Å². The molecule has 1 heterocycles. The molecule has 0 aliphatic carbocycles. The molecule has 0 radical (unpaired) electrons. The fourth-order valence-electron chi connectivity index (χ4n) is 1.70. The molecule has 20 heavy (non-hydrogen) atoms. The summed E-state index contributed by atoms with van der Waals surface area (Å²) in [6.45, 7) is 1.63. The summed E-state index contributed by atoms with van der Waals surface area (Å²) in [5.74, 6) is -1.43. The monoisotopic (exact) mass is 275 g/mol. The second kappa shape index (κ2) is 4.92. The largest absolute Gasteiger partial charge is 0.476 e. The predicted octanol–water partition coefficient (Wildman–Crippen LogP) is 1.15. The van der Waals surface area contributed by atoms with Crippen molar-refractivity contribution in [3.63, 3.8) is 0 Å². The van der Waals surface area contributed by atoms with Crippen LogP contribution >= 0.6 is 0 Å². The molecule has 0 atom stereocenters. The third-order valence-corrected chi connectivity index (χ3v) is 2.65. The second-order valence-corrected chi connectivity index (χ2v) is 4.01. The Hall–Kier alpha value is -3.03. The Morgan fingerprint density at radius 1 is 1.40 bits per heavy atom. The number of carbonyl (C=O) groups is 1. The molecule has 0 aliphatic heterocycles. The molecular formula is C12H9N3O5. The lowest BCUT2D eigenvalue weighted by molar-refractivity contribution is -0.384. The van der Waals surface area contributed by atoms with E-state index in [4.69, 9.17) is 5.11 Å². The number of nitro groups is 1. The summed E-state index contributed by atoms with van der Waals surface area (Å²) >= 11 is 0. The quantitative estimate of drug-likeness (QED) is 0.663. The van der Waals surface area contributed by atoms with Gasteiger partial charge in [0.05, 0.1) is 10.6 Å². The van der Waals surface area contributed by atoms with Crippen LogP contribution in [-0.2, 0) is 0 Å². The lowest BCUT2D eigenvalue weighted by Gasteiger charge is -2.08. The van der Waals surface area contributed by atoms with E-state index in [1.165, 1.54) is 29.1 Å². The van der Waals surface area contributed by atoms with Crippen molar-refractivity contribution in [2.45, 2.75) is 6.92 Å². The molecule has 0 saturated carbocycles. The van der Waals surface area contributed by atoms with E-state index in [9.17, 15) is 19.7 Å². The van der Waals surface area contributed by atoms with Gasteiger partial charge in [-0.25, -0.2) is 9.48 Å². The first kappa shape index (κ1) is 13.4. The van der Waals surface area contributed by atoms with Gasteiger partial charge < -0.3 is 5.11 Å². The minimum atomic E-state index is -1.43. The van der Waals surface area contributed by atoms with Crippen molar-refractivity contribution in [3.8, 4) is 5.69 Å². The number of non-ortho nitro benzene ring substituents is 1. The molecule has 1 aromatic heterocycles. The van der Waals surface area contributed by atoms with Crippen molar-refractivity contribution in [3.05, 3.63) is 62.1 Å². The number of nitrogens with zero attached hydrogens (tertiary/aromatic N) is 3. The first-order valence-corrected chi connectivity index (χ1v) is 5.49. The highest BCUT2D eigenvalue weighted by atomic mass is 16.6. The van der Waals surface area contributed by atoms with E-state index in [0.717, 1.165) is 6.07 Å². The van der Waals surface area contributed by atoms with Crippen LogP contribution in [-0.4, -0.2) is 25.8 Å². The van der Waals surface area contributed by atoms with Crippen LogP contribution in [0, 0.1) is 17.0 Å². The van der Waals surface area contributed by atoms with E-state index in [1.54, 1.807) is 6.92 Å². The zero-order valence-electron chi connectivity index (χ0n) is 10.3. The van der Waals surface area contributed by atoms with Crippen LogP contribution in [0.15, 0.2) is 35.3 Å². The topological polar surface area (TPSA) is 115 Å². The van der Waals surface area contributed by atoms with Gasteiger partial charge in [-0.2, -0.15) is 5.10 Å². The molecule has 1 aromatic carbocycles. The molecule has 2 rings (SSSR count). The van der Waals surface area contributed by atoms with E-state index in [2.05, 4.69) is 5.10 Å². The third kappa shape index (κ3) is 2.39. The molecule has 0 aliphatic rings. The average molecular weight is 275 g/mol. The summed E-state index contributed by atoms with van der Waals surface area (Å²) < 4.78 is 1.20. The Bertz CT molecular complexity index is 766. The van der Waals surface area contributed by atoms with Crippen molar-refractivity contribution < 1.29 is 14.8 Å². The smallest absolute Gasteiger partial charge is 0.360 e. The number of hydrogen-bond acceptors (Lipinski definition) is 5. The minimum Gasteiger partial charge on any atom is -0.476 e. The highest BCUT2D eigenvalue weighted by Gasteiger charge is 2.13. The summed E-state index contributed by atoms with van der Waals surface area (Å²) in [5.41, 5.74) is -0.394. The Morgan fingerprint density at radius 3 is 2.65 bits per heavy atom. The van der Waals surface area contributed by atoms with Crippen LogP contribution in [0.25, 0.3) is 5.69 Å². The van der Waals surface area contributed by atoms with Gasteiger partial charge in [0.2, 0.25) is 11.1 Å². The summed E-state index contributed by atoms with van der Waals surface area (Å²) in [5, 5.41) is 23.2. The summed E-state index contributed by atoms with van der Waals surface area (Å²) in [6, 6.07) is 5.14. The van der Waals surface area contributed by atoms with Gasteiger partial charge in [-0.05, 0) is 18.6 Å². The first-order valence-electron chi connectivity index (χ1n) is 5.49. The van der Waals surface area contributed by atoms with Gasteiger partial charge in [0.1, 0.15) is 0 Å². The van der Waals surface area contributed by atoms with Crippen molar-refractivity contribution in [1.29, 1.82) is 0 Å². The number of aromatic carboxylic acids is 1. The van der Waals surface area contributed by atoms with Gasteiger partial charge in [0.15, 0.2) is 0 Å². The van der Waals surface area contributed by atoms with Gasteiger partial charge in [-0.1, -0.05) is 0 Å². The predicted molar refractivity (Wildman–Crippen MR) is 68.2 cm³/mol. The van der Waals surface area contributed by atoms with E-state index in [1.807, 2.05) is 0 Å². The van der Waals surface area contributed by atoms with Crippen molar-refractivity contribution in [1.82, 2.24) is 9.78 Å². The summed E-state index contributed by atoms with van der Waals surface area (Å²) in [6.07, 6.45) is 1.31. The number of aromatic nitrogens is 2. The van der Waals surface area contributed by atoms with Crippen LogP contribution in [0.2, 0.25) is 0 Å². The number of rotatable bonds is 3. The molecule has 0 fully saturated rings. The highest BCUT2D eigenvalue weighted by molar-refractivity contribution is 5.84. The van der Waals surface area contributed by atoms with Crippen LogP contribution in [0.1, 0.15) is 16.1 Å². The summed E-state index contributed by atoms with van der Waals surface area (Å²) in [7, 11) is 0. The zero-order valence-corrected chi connectivity index (χ0v) is 10.3. The number of hydrogen-bond donors (Lipinski definition) is 1. The highest BCUT2D eigenvalue weighted by Crippen LogP contribution is 2.19. The standard InChI is InChI=1S/C12H9N3O5/c1-7-6-8(15(19)20)2-3-9(7)14-5-4-10(16)11(13-14)12(17)18/h2-6H,1H3,(H,17,18). The average Bonchev–Trinajstić information content (AvgIpc) is 2.39. The Labute approximate surface area is 112 Å². The van der Waals surface area contributed by atoms with Gasteiger partial charge >= 0.3 is 5.97 Å². The maximum Gasteiger partial charge on any atom is 0.360 e. The van der Waals surface area contributed by atoms with Gasteiger partial charge in [0.25, 0.3) is 5.69 Å². The Morgan fingerprint density at radius 2 is 2.10 bits per heavy atom. The number of carboxylic acids is 1. The SMILES string of the molecule is Cc1cc([N+](=O)[O-])ccc1-n1ccc(=O)c(C(=O)O)n1. The molecule has 2 aromatic rings. The van der Waals surface area contributed by atoms with Crippen molar-refractivity contribution in [2.24, 2.45) is 0 Å². The molecule has 0 saturated heterocycles. The molecule has 8 heteroatoms. The lowest BCUT2D eigenvalue weighted by Crippen LogP contribution is -2.20. The van der Waals surface area contributed by atoms with Crippen LogP contribution in [0.3, 0.4) is 0 Å². The van der Waals surface area contributed by atoms with Crippen molar-refractivity contribution >= 4 is 11.7 Å². The van der Waals surface area contributed by atoms with Crippen molar-refractivity contribution in [2.75, 3.05) is 0 Å². The number of aryl methyl sites for hydroxylation is 1. The van der Waals surface area contributed by atoms with Crippen LogP contribution < -0.4 is 5.43 Å². The normalized spacial score (nSPS) is 10.2. The van der Waals surface area contributed by atoms with E-state index in [0.29, 0.717) is 11.3 Å². The summed E-state index contributed by atoms with van der Waals surface area (Å²) in [4.78, 5) is 32.3. The van der Waals surface area contributed by atoms with Gasteiger partial charge in [-0.3, -0.25) is 14.9 Å². The van der Waals surface area contributed by atoms with E-state index >= 15 is 0 Å². The fourth-order valence-corrected chi connectivity index (χ4v) is 1.70. The number of nitro benzene ring substituents is 1. The van der Waals surface area contributed by atoms with Gasteiger partial charge in [-0.15, -0.1) is 0 Å².